The third-order valence-electron chi connectivity index (χ3n) is 2.68. The van der Waals surface area contributed by atoms with Crippen LogP contribution in [-0.4, -0.2) is 35.1 Å². The zero-order valence-electron chi connectivity index (χ0n) is 11.5. The van der Waals surface area contributed by atoms with Crippen molar-refractivity contribution in [3.63, 3.8) is 0 Å². The fraction of sp³-hybridized carbons (Fsp3) is 0.286. The minimum atomic E-state index is -0.298. The number of hydrogen-bond acceptors (Lipinski definition) is 4. The summed E-state index contributed by atoms with van der Waals surface area (Å²) in [5.41, 5.74) is 0.748. The van der Waals surface area contributed by atoms with E-state index in [0.717, 1.165) is 5.56 Å². The molecule has 0 saturated carbocycles. The largest absolute Gasteiger partial charge is 0.431 e. The van der Waals surface area contributed by atoms with E-state index in [1.165, 1.54) is 28.8 Å². The summed E-state index contributed by atoms with van der Waals surface area (Å²) < 4.78 is 18.4. The van der Waals surface area contributed by atoms with Gasteiger partial charge in [0, 0.05) is 19.7 Å². The third kappa shape index (κ3) is 3.39. The van der Waals surface area contributed by atoms with Gasteiger partial charge in [-0.1, -0.05) is 11.8 Å². The van der Waals surface area contributed by atoms with E-state index in [1.807, 2.05) is 0 Å². The molecule has 0 fully saturated rings. The Morgan fingerprint density at radius 2 is 2.00 bits per heavy atom. The van der Waals surface area contributed by atoms with Gasteiger partial charge in [0.25, 0.3) is 5.22 Å². The minimum absolute atomic E-state index is 0.00321. The Hall–Kier alpha value is -1.82. The van der Waals surface area contributed by atoms with E-state index < -0.39 is 0 Å². The molecule has 0 aliphatic carbocycles. The van der Waals surface area contributed by atoms with Crippen LogP contribution < -0.4 is 0 Å². The van der Waals surface area contributed by atoms with Gasteiger partial charge in [0.15, 0.2) is 5.76 Å². The Labute approximate surface area is 121 Å². The van der Waals surface area contributed by atoms with E-state index in [1.54, 1.807) is 39.3 Å². The van der Waals surface area contributed by atoms with Crippen molar-refractivity contribution in [1.29, 1.82) is 0 Å². The highest BCUT2D eigenvalue weighted by atomic mass is 32.2. The van der Waals surface area contributed by atoms with Crippen LogP contribution in [0.25, 0.3) is 11.3 Å². The highest BCUT2D eigenvalue weighted by molar-refractivity contribution is 8.00. The van der Waals surface area contributed by atoms with Crippen molar-refractivity contribution < 1.29 is 13.6 Å². The molecule has 0 aliphatic heterocycles. The Bertz CT molecular complexity index is 595. The maximum Gasteiger partial charge on any atom is 0.256 e. The Morgan fingerprint density at radius 1 is 1.35 bits per heavy atom. The van der Waals surface area contributed by atoms with Crippen molar-refractivity contribution in [1.82, 2.24) is 9.88 Å². The molecule has 0 N–H and O–H groups in total. The van der Waals surface area contributed by atoms with E-state index in [4.69, 9.17) is 4.42 Å². The maximum atomic E-state index is 12.9. The first-order valence-corrected chi connectivity index (χ1v) is 6.95. The van der Waals surface area contributed by atoms with Crippen LogP contribution >= 0.6 is 11.8 Å². The number of carbonyl (C=O) groups is 1. The molecule has 0 spiro atoms. The summed E-state index contributed by atoms with van der Waals surface area (Å²) in [7, 11) is 3.41. The van der Waals surface area contributed by atoms with E-state index in [9.17, 15) is 9.18 Å². The number of benzene rings is 1. The van der Waals surface area contributed by atoms with Crippen LogP contribution in [-0.2, 0) is 4.79 Å². The summed E-state index contributed by atoms with van der Waals surface area (Å²) in [5, 5.41) is 0.150. The number of oxazole rings is 1. The van der Waals surface area contributed by atoms with Crippen LogP contribution in [0.5, 0.6) is 0 Å². The molecular weight excluding hydrogens is 279 g/mol. The lowest BCUT2D eigenvalue weighted by molar-refractivity contribution is -0.127. The molecule has 0 saturated heterocycles. The first kappa shape index (κ1) is 14.6. The van der Waals surface area contributed by atoms with Gasteiger partial charge in [-0.25, -0.2) is 9.37 Å². The number of halogens is 1. The highest BCUT2D eigenvalue weighted by Gasteiger charge is 2.19. The second-order valence-electron chi connectivity index (χ2n) is 4.49. The maximum absolute atomic E-state index is 12.9. The number of nitrogens with zero attached hydrogens (tertiary/aromatic N) is 2. The Morgan fingerprint density at radius 3 is 2.60 bits per heavy atom. The van der Waals surface area contributed by atoms with Crippen molar-refractivity contribution in [3.05, 3.63) is 36.3 Å². The summed E-state index contributed by atoms with van der Waals surface area (Å²) in [4.78, 5) is 17.4. The van der Waals surface area contributed by atoms with E-state index >= 15 is 0 Å². The van der Waals surface area contributed by atoms with Gasteiger partial charge < -0.3 is 9.32 Å². The molecule has 1 heterocycles. The third-order valence-corrected chi connectivity index (χ3v) is 3.62. The molecule has 4 nitrogen and oxygen atoms in total. The summed E-state index contributed by atoms with van der Waals surface area (Å²) in [6.07, 6.45) is 1.57. The summed E-state index contributed by atoms with van der Waals surface area (Å²) in [6, 6.07) is 5.98. The average molecular weight is 294 g/mol. The second-order valence-corrected chi connectivity index (χ2v) is 5.78. The Balaban J connectivity index is 2.09. The molecule has 20 heavy (non-hydrogen) atoms. The predicted octanol–water partition coefficient (Wildman–Crippen LogP) is 3.05. The highest BCUT2D eigenvalue weighted by Crippen LogP contribution is 2.28. The molecule has 1 amide bonds. The molecule has 1 aromatic carbocycles. The summed E-state index contributed by atoms with van der Waals surface area (Å²) in [6.45, 7) is 1.80. The minimum Gasteiger partial charge on any atom is -0.431 e. The first-order chi connectivity index (χ1) is 9.47. The molecule has 106 valence electrons. The van der Waals surface area contributed by atoms with Crippen LogP contribution in [0.1, 0.15) is 6.92 Å². The van der Waals surface area contributed by atoms with Gasteiger partial charge in [-0.2, -0.15) is 0 Å². The summed E-state index contributed by atoms with van der Waals surface area (Å²) in [5.74, 6) is 0.251. The predicted molar refractivity (Wildman–Crippen MR) is 75.9 cm³/mol. The van der Waals surface area contributed by atoms with Gasteiger partial charge in [0.05, 0.1) is 11.4 Å². The SMILES string of the molecule is C[C@@H](Sc1ncc(-c2ccc(F)cc2)o1)C(=O)N(C)C. The zero-order valence-corrected chi connectivity index (χ0v) is 12.3. The van der Waals surface area contributed by atoms with Gasteiger partial charge in [-0.3, -0.25) is 4.79 Å². The van der Waals surface area contributed by atoms with Crippen LogP contribution in [0.3, 0.4) is 0 Å². The van der Waals surface area contributed by atoms with Crippen LogP contribution in [0.15, 0.2) is 40.1 Å². The monoisotopic (exact) mass is 294 g/mol. The molecular formula is C14H15FN2O2S. The van der Waals surface area contributed by atoms with Crippen molar-refractivity contribution in [3.8, 4) is 11.3 Å². The van der Waals surface area contributed by atoms with Crippen LogP contribution in [0, 0.1) is 5.82 Å². The fourth-order valence-corrected chi connectivity index (χ4v) is 2.49. The topological polar surface area (TPSA) is 46.3 Å². The normalized spacial score (nSPS) is 12.2. The smallest absolute Gasteiger partial charge is 0.256 e. The van der Waals surface area contributed by atoms with Gasteiger partial charge in [-0.05, 0) is 31.2 Å². The van der Waals surface area contributed by atoms with Gasteiger partial charge in [0.2, 0.25) is 5.91 Å². The van der Waals surface area contributed by atoms with Crippen molar-refractivity contribution >= 4 is 17.7 Å². The standard InChI is InChI=1S/C14H15FN2O2S/c1-9(13(18)17(2)3)20-14-16-8-12(19-14)10-4-6-11(15)7-5-10/h4-9H,1-3H3/t9-/m1/s1. The second kappa shape index (κ2) is 6.09. The Kier molecular flexibility index (Phi) is 4.44. The van der Waals surface area contributed by atoms with E-state index in [0.29, 0.717) is 11.0 Å². The lowest BCUT2D eigenvalue weighted by Gasteiger charge is -2.14. The fourth-order valence-electron chi connectivity index (χ4n) is 1.63. The molecule has 0 bridgehead atoms. The number of carbonyl (C=O) groups excluding carboxylic acids is 1. The number of amides is 1. The first-order valence-electron chi connectivity index (χ1n) is 6.07. The lowest BCUT2D eigenvalue weighted by Crippen LogP contribution is -2.29. The van der Waals surface area contributed by atoms with Gasteiger partial charge in [-0.15, -0.1) is 0 Å². The zero-order chi connectivity index (χ0) is 14.7. The van der Waals surface area contributed by atoms with Crippen LogP contribution in [0.4, 0.5) is 4.39 Å². The molecule has 1 aromatic heterocycles. The van der Waals surface area contributed by atoms with E-state index in [-0.39, 0.29) is 17.0 Å². The van der Waals surface area contributed by atoms with Gasteiger partial charge >= 0.3 is 0 Å². The summed E-state index contributed by atoms with van der Waals surface area (Å²) >= 11 is 1.26. The number of thioether (sulfide) groups is 1. The van der Waals surface area contributed by atoms with Gasteiger partial charge in [0.1, 0.15) is 5.82 Å². The van der Waals surface area contributed by atoms with Crippen molar-refractivity contribution in [2.45, 2.75) is 17.4 Å². The quantitative estimate of drug-likeness (QED) is 0.813. The molecule has 6 heteroatoms. The molecule has 0 radical (unpaired) electrons. The number of hydrogen-bond donors (Lipinski definition) is 0. The molecule has 1 atom stereocenters. The van der Waals surface area contributed by atoms with Crippen molar-refractivity contribution in [2.75, 3.05) is 14.1 Å². The molecule has 2 aromatic rings. The molecule has 0 unspecified atom stereocenters. The molecule has 0 aliphatic rings. The van der Waals surface area contributed by atoms with E-state index in [2.05, 4.69) is 4.98 Å². The average Bonchev–Trinajstić information content (AvgIpc) is 2.87. The molecule has 2 rings (SSSR count). The lowest BCUT2D eigenvalue weighted by atomic mass is 10.2. The van der Waals surface area contributed by atoms with Crippen molar-refractivity contribution in [2.24, 2.45) is 0 Å². The van der Waals surface area contributed by atoms with Crippen LogP contribution in [0.2, 0.25) is 0 Å². The number of rotatable bonds is 4. The number of aromatic nitrogens is 1.